The van der Waals surface area contributed by atoms with Crippen LogP contribution in [0.1, 0.15) is 26.0 Å². The number of fused-ring (bicyclic) bond motifs is 1. The van der Waals surface area contributed by atoms with Gasteiger partial charge in [0.15, 0.2) is 0 Å². The second-order valence-corrected chi connectivity index (χ2v) is 4.57. The first-order valence-corrected chi connectivity index (χ1v) is 5.87. The summed E-state index contributed by atoms with van der Waals surface area (Å²) in [6.07, 6.45) is 1.15. The molecule has 0 aliphatic carbocycles. The van der Waals surface area contributed by atoms with E-state index in [2.05, 4.69) is 41.8 Å². The van der Waals surface area contributed by atoms with Crippen LogP contribution in [-0.4, -0.2) is 9.78 Å². The van der Waals surface area contributed by atoms with Crippen molar-refractivity contribution in [1.29, 1.82) is 0 Å². The van der Waals surface area contributed by atoms with Crippen molar-refractivity contribution in [1.82, 2.24) is 9.78 Å². The van der Waals surface area contributed by atoms with Gasteiger partial charge in [-0.25, -0.2) is 0 Å². The zero-order valence-electron chi connectivity index (χ0n) is 9.98. The van der Waals surface area contributed by atoms with Gasteiger partial charge in [-0.1, -0.05) is 32.0 Å². The number of nitrogens with two attached hydrogens (primary N) is 1. The molecule has 3 heteroatoms. The predicted molar refractivity (Wildman–Crippen MR) is 67.1 cm³/mol. The molecule has 86 valence electrons. The smallest absolute Gasteiger partial charge is 0.0838 e. The van der Waals surface area contributed by atoms with Crippen molar-refractivity contribution in [3.8, 4) is 0 Å². The number of hydrogen-bond acceptors (Lipinski definition) is 2. The lowest BCUT2D eigenvalue weighted by Crippen LogP contribution is -2.05. The zero-order valence-corrected chi connectivity index (χ0v) is 9.98. The number of hydrogen-bond donors (Lipinski definition) is 1. The summed E-state index contributed by atoms with van der Waals surface area (Å²) in [4.78, 5) is 0. The van der Waals surface area contributed by atoms with Gasteiger partial charge in [-0.3, -0.25) is 4.68 Å². The van der Waals surface area contributed by atoms with E-state index in [1.54, 1.807) is 0 Å². The standard InChI is InChI=1S/C13H19N3/c1-10(2)7-8-16-13-6-4-3-5-11(13)12(9-14)15-16/h3-6,10H,7-9,14H2,1-2H3. The Morgan fingerprint density at radius 3 is 2.75 bits per heavy atom. The van der Waals surface area contributed by atoms with Crippen LogP contribution in [0, 0.1) is 5.92 Å². The minimum atomic E-state index is 0.509. The molecular weight excluding hydrogens is 198 g/mol. The molecule has 0 spiro atoms. The third kappa shape index (κ3) is 2.09. The van der Waals surface area contributed by atoms with Crippen LogP contribution in [0.25, 0.3) is 10.9 Å². The third-order valence-electron chi connectivity index (χ3n) is 2.85. The van der Waals surface area contributed by atoms with Crippen LogP contribution in [0.2, 0.25) is 0 Å². The van der Waals surface area contributed by atoms with Crippen LogP contribution >= 0.6 is 0 Å². The SMILES string of the molecule is CC(C)CCn1nc(CN)c2ccccc21. The highest BCUT2D eigenvalue weighted by Crippen LogP contribution is 2.18. The van der Waals surface area contributed by atoms with Crippen molar-refractivity contribution >= 4 is 10.9 Å². The minimum Gasteiger partial charge on any atom is -0.325 e. The average Bonchev–Trinajstić information content (AvgIpc) is 2.65. The highest BCUT2D eigenvalue weighted by molar-refractivity contribution is 5.81. The highest BCUT2D eigenvalue weighted by atomic mass is 15.3. The van der Waals surface area contributed by atoms with Gasteiger partial charge in [-0.15, -0.1) is 0 Å². The number of benzene rings is 1. The van der Waals surface area contributed by atoms with E-state index in [-0.39, 0.29) is 0 Å². The van der Waals surface area contributed by atoms with Crippen LogP contribution in [-0.2, 0) is 13.1 Å². The van der Waals surface area contributed by atoms with E-state index in [0.29, 0.717) is 12.5 Å². The molecule has 0 atom stereocenters. The summed E-state index contributed by atoms with van der Waals surface area (Å²) >= 11 is 0. The molecule has 2 N–H and O–H groups in total. The molecule has 0 saturated carbocycles. The summed E-state index contributed by atoms with van der Waals surface area (Å²) < 4.78 is 2.08. The van der Waals surface area contributed by atoms with Gasteiger partial charge in [-0.2, -0.15) is 5.10 Å². The van der Waals surface area contributed by atoms with Gasteiger partial charge in [0, 0.05) is 18.5 Å². The number of rotatable bonds is 4. The van der Waals surface area contributed by atoms with Gasteiger partial charge in [0.25, 0.3) is 0 Å². The van der Waals surface area contributed by atoms with Crippen LogP contribution in [0.5, 0.6) is 0 Å². The Bertz CT molecular complexity index is 471. The second-order valence-electron chi connectivity index (χ2n) is 4.57. The van der Waals surface area contributed by atoms with Gasteiger partial charge < -0.3 is 5.73 Å². The van der Waals surface area contributed by atoms with E-state index in [0.717, 1.165) is 18.7 Å². The highest BCUT2D eigenvalue weighted by Gasteiger charge is 2.08. The molecule has 0 aliphatic heterocycles. The molecule has 3 nitrogen and oxygen atoms in total. The van der Waals surface area contributed by atoms with E-state index in [1.165, 1.54) is 10.9 Å². The van der Waals surface area contributed by atoms with E-state index in [4.69, 9.17) is 5.73 Å². The fourth-order valence-corrected chi connectivity index (χ4v) is 1.90. The van der Waals surface area contributed by atoms with Crippen LogP contribution in [0.3, 0.4) is 0 Å². The quantitative estimate of drug-likeness (QED) is 0.855. The Morgan fingerprint density at radius 1 is 1.31 bits per heavy atom. The van der Waals surface area contributed by atoms with E-state index < -0.39 is 0 Å². The molecule has 0 aliphatic rings. The molecule has 0 amide bonds. The Morgan fingerprint density at radius 2 is 2.06 bits per heavy atom. The summed E-state index contributed by atoms with van der Waals surface area (Å²) in [7, 11) is 0. The second kappa shape index (κ2) is 4.66. The maximum atomic E-state index is 5.71. The fraction of sp³-hybridized carbons (Fsp3) is 0.462. The lowest BCUT2D eigenvalue weighted by Gasteiger charge is -2.05. The summed E-state index contributed by atoms with van der Waals surface area (Å²) in [6, 6.07) is 8.30. The maximum Gasteiger partial charge on any atom is 0.0838 e. The number of nitrogens with zero attached hydrogens (tertiary/aromatic N) is 2. The molecule has 0 fully saturated rings. The first kappa shape index (κ1) is 11.1. The van der Waals surface area contributed by atoms with Gasteiger partial charge >= 0.3 is 0 Å². The van der Waals surface area contributed by atoms with Crippen molar-refractivity contribution in [2.24, 2.45) is 11.7 Å². The Balaban J connectivity index is 2.37. The molecule has 0 radical (unpaired) electrons. The van der Waals surface area contributed by atoms with Gasteiger partial charge in [0.2, 0.25) is 0 Å². The molecule has 0 bridgehead atoms. The minimum absolute atomic E-state index is 0.509. The maximum absolute atomic E-state index is 5.71. The Kier molecular flexibility index (Phi) is 3.25. The zero-order chi connectivity index (χ0) is 11.5. The topological polar surface area (TPSA) is 43.8 Å². The summed E-state index contributed by atoms with van der Waals surface area (Å²) in [5, 5.41) is 5.76. The molecule has 0 unspecified atom stereocenters. The molecule has 16 heavy (non-hydrogen) atoms. The van der Waals surface area contributed by atoms with E-state index in [9.17, 15) is 0 Å². The van der Waals surface area contributed by atoms with Gasteiger partial charge in [0.05, 0.1) is 11.2 Å². The van der Waals surface area contributed by atoms with Crippen molar-refractivity contribution in [2.75, 3.05) is 0 Å². The first-order chi connectivity index (χ1) is 7.72. The summed E-state index contributed by atoms with van der Waals surface area (Å²) in [5.41, 5.74) is 7.91. The lowest BCUT2D eigenvalue weighted by molar-refractivity contribution is 0.493. The van der Waals surface area contributed by atoms with Crippen molar-refractivity contribution in [3.05, 3.63) is 30.0 Å². The lowest BCUT2D eigenvalue weighted by atomic mass is 10.1. The summed E-state index contributed by atoms with van der Waals surface area (Å²) in [6.45, 7) is 5.94. The molecule has 2 aromatic rings. The molecule has 2 rings (SSSR count). The predicted octanol–water partition coefficient (Wildman–Crippen LogP) is 2.54. The molecule has 0 saturated heterocycles. The van der Waals surface area contributed by atoms with Crippen molar-refractivity contribution in [3.63, 3.8) is 0 Å². The summed E-state index contributed by atoms with van der Waals surface area (Å²) in [5.74, 6) is 0.698. The largest absolute Gasteiger partial charge is 0.325 e. The van der Waals surface area contributed by atoms with E-state index >= 15 is 0 Å². The van der Waals surface area contributed by atoms with Gasteiger partial charge in [-0.05, 0) is 18.4 Å². The van der Waals surface area contributed by atoms with Crippen LogP contribution in [0.15, 0.2) is 24.3 Å². The Labute approximate surface area is 96.2 Å². The number of aryl methyl sites for hydroxylation is 1. The van der Waals surface area contributed by atoms with Crippen molar-refractivity contribution < 1.29 is 0 Å². The normalized spacial score (nSPS) is 11.5. The molecular formula is C13H19N3. The monoisotopic (exact) mass is 217 g/mol. The van der Waals surface area contributed by atoms with E-state index in [1.807, 2.05) is 6.07 Å². The van der Waals surface area contributed by atoms with Crippen LogP contribution in [0.4, 0.5) is 0 Å². The first-order valence-electron chi connectivity index (χ1n) is 5.87. The molecule has 1 aromatic heterocycles. The molecule has 1 heterocycles. The Hall–Kier alpha value is -1.35. The third-order valence-corrected chi connectivity index (χ3v) is 2.85. The number of para-hydroxylation sites is 1. The van der Waals surface area contributed by atoms with Crippen LogP contribution < -0.4 is 5.73 Å². The average molecular weight is 217 g/mol. The fourth-order valence-electron chi connectivity index (χ4n) is 1.90. The molecule has 1 aromatic carbocycles. The van der Waals surface area contributed by atoms with Crippen molar-refractivity contribution in [2.45, 2.75) is 33.4 Å². The number of aromatic nitrogens is 2. The van der Waals surface area contributed by atoms with Gasteiger partial charge in [0.1, 0.15) is 0 Å².